The number of aliphatic hydroxyl groups is 1. The first-order valence-electron chi connectivity index (χ1n) is 6.24. The van der Waals surface area contributed by atoms with E-state index in [9.17, 15) is 4.79 Å². The summed E-state index contributed by atoms with van der Waals surface area (Å²) in [5.41, 5.74) is -0.286. The first kappa shape index (κ1) is 14.6. The van der Waals surface area contributed by atoms with E-state index in [1.54, 1.807) is 0 Å². The van der Waals surface area contributed by atoms with E-state index in [-0.39, 0.29) is 17.8 Å². The third kappa shape index (κ3) is 4.05. The second kappa shape index (κ2) is 5.46. The molecule has 0 aliphatic carbocycles. The van der Waals surface area contributed by atoms with Gasteiger partial charge in [-0.3, -0.25) is 4.79 Å². The number of aliphatic hydroxyl groups excluding tert-OH is 1. The summed E-state index contributed by atoms with van der Waals surface area (Å²) in [5, 5.41) is 8.71. The van der Waals surface area contributed by atoms with E-state index < -0.39 is 11.9 Å². The summed E-state index contributed by atoms with van der Waals surface area (Å²) in [4.78, 5) is 12.1. The maximum absolute atomic E-state index is 12.1. The largest absolute Gasteiger partial charge is 0.396 e. The van der Waals surface area contributed by atoms with Crippen LogP contribution in [0.3, 0.4) is 0 Å². The van der Waals surface area contributed by atoms with Crippen LogP contribution >= 0.6 is 0 Å². The predicted molar refractivity (Wildman–Crippen MR) is 64.6 cm³/mol. The van der Waals surface area contributed by atoms with Crippen LogP contribution in [-0.2, 0) is 14.3 Å². The van der Waals surface area contributed by atoms with Gasteiger partial charge in [0.05, 0.1) is 6.61 Å². The summed E-state index contributed by atoms with van der Waals surface area (Å²) in [5.74, 6) is -0.577. The number of Topliss-reactive ketones (excluding diaryl/α,β-unsaturated/α-hetero) is 1. The van der Waals surface area contributed by atoms with Crippen molar-refractivity contribution < 1.29 is 19.4 Å². The van der Waals surface area contributed by atoms with Gasteiger partial charge in [0.15, 0.2) is 11.6 Å². The Balaban J connectivity index is 2.61. The fourth-order valence-corrected chi connectivity index (χ4v) is 1.96. The Kier molecular flexibility index (Phi) is 4.69. The number of carbonyl (C=O) groups excluding carboxylic acids is 1. The maximum Gasteiger partial charge on any atom is 0.163 e. The third-order valence-electron chi connectivity index (χ3n) is 3.03. The van der Waals surface area contributed by atoms with Gasteiger partial charge < -0.3 is 14.6 Å². The number of ketones is 1. The molecule has 1 N–H and O–H groups in total. The highest BCUT2D eigenvalue weighted by molar-refractivity contribution is 5.84. The van der Waals surface area contributed by atoms with E-state index in [4.69, 9.17) is 14.6 Å². The van der Waals surface area contributed by atoms with Gasteiger partial charge in [0.25, 0.3) is 0 Å². The van der Waals surface area contributed by atoms with Crippen molar-refractivity contribution in [3.8, 4) is 0 Å². The second-order valence-corrected chi connectivity index (χ2v) is 5.82. The molecule has 100 valence electrons. The first-order chi connectivity index (χ1) is 7.78. The Labute approximate surface area is 103 Å². The van der Waals surface area contributed by atoms with Crippen LogP contribution in [0.15, 0.2) is 0 Å². The molecule has 4 nitrogen and oxygen atoms in total. The number of hydrogen-bond donors (Lipinski definition) is 1. The molecule has 17 heavy (non-hydrogen) atoms. The molecule has 1 saturated heterocycles. The maximum atomic E-state index is 12.1. The molecule has 1 aliphatic heterocycles. The number of hydrogen-bond acceptors (Lipinski definition) is 4. The average Bonchev–Trinajstić information content (AvgIpc) is 2.22. The Morgan fingerprint density at radius 3 is 2.53 bits per heavy atom. The number of unbranched alkanes of at least 4 members (excludes halogenated alkanes) is 1. The SMILES string of the molecule is CC1(C)OCC(C)(C)[C@H](C(=O)CCCCO)O1. The molecule has 0 spiro atoms. The van der Waals surface area contributed by atoms with Crippen LogP contribution in [0.5, 0.6) is 0 Å². The lowest BCUT2D eigenvalue weighted by atomic mass is 9.82. The second-order valence-electron chi connectivity index (χ2n) is 5.82. The molecule has 4 heteroatoms. The molecule has 0 aromatic rings. The molecule has 0 aromatic carbocycles. The van der Waals surface area contributed by atoms with Crippen LogP contribution in [0.2, 0.25) is 0 Å². The van der Waals surface area contributed by atoms with Crippen molar-refractivity contribution in [2.24, 2.45) is 5.41 Å². The van der Waals surface area contributed by atoms with Crippen molar-refractivity contribution in [2.45, 2.75) is 58.8 Å². The number of ether oxygens (including phenoxy) is 2. The van der Waals surface area contributed by atoms with E-state index in [0.29, 0.717) is 25.9 Å². The van der Waals surface area contributed by atoms with Gasteiger partial charge in [-0.1, -0.05) is 13.8 Å². The molecule has 1 atom stereocenters. The highest BCUT2D eigenvalue weighted by Crippen LogP contribution is 2.35. The lowest BCUT2D eigenvalue weighted by molar-refractivity contribution is -0.303. The summed E-state index contributed by atoms with van der Waals surface area (Å²) in [6, 6.07) is 0. The van der Waals surface area contributed by atoms with Crippen LogP contribution in [0, 0.1) is 5.41 Å². The van der Waals surface area contributed by atoms with E-state index in [1.807, 2.05) is 27.7 Å². The Hall–Kier alpha value is -0.450. The van der Waals surface area contributed by atoms with E-state index in [2.05, 4.69) is 0 Å². The molecule has 0 aromatic heterocycles. The smallest absolute Gasteiger partial charge is 0.163 e. The molecule has 0 amide bonds. The van der Waals surface area contributed by atoms with Crippen LogP contribution < -0.4 is 0 Å². The summed E-state index contributed by atoms with van der Waals surface area (Å²) < 4.78 is 11.3. The van der Waals surface area contributed by atoms with Gasteiger partial charge in [-0.2, -0.15) is 0 Å². The summed E-state index contributed by atoms with van der Waals surface area (Å²) in [7, 11) is 0. The third-order valence-corrected chi connectivity index (χ3v) is 3.03. The molecule has 0 radical (unpaired) electrons. The van der Waals surface area contributed by atoms with Crippen LogP contribution in [0.25, 0.3) is 0 Å². The Morgan fingerprint density at radius 2 is 1.94 bits per heavy atom. The zero-order valence-corrected chi connectivity index (χ0v) is 11.3. The minimum Gasteiger partial charge on any atom is -0.396 e. The molecule has 1 fully saturated rings. The van der Waals surface area contributed by atoms with Crippen molar-refractivity contribution in [3.05, 3.63) is 0 Å². The van der Waals surface area contributed by atoms with Crippen LogP contribution in [0.4, 0.5) is 0 Å². The lowest BCUT2D eigenvalue weighted by Crippen LogP contribution is -2.53. The van der Waals surface area contributed by atoms with Crippen molar-refractivity contribution in [1.82, 2.24) is 0 Å². The lowest BCUT2D eigenvalue weighted by Gasteiger charge is -2.45. The topological polar surface area (TPSA) is 55.8 Å². The molecular formula is C13H24O4. The van der Waals surface area contributed by atoms with Gasteiger partial charge in [0.1, 0.15) is 6.10 Å². The molecule has 1 rings (SSSR count). The molecule has 0 bridgehead atoms. The summed E-state index contributed by atoms with van der Waals surface area (Å²) in [6.07, 6.45) is 1.43. The average molecular weight is 244 g/mol. The minimum absolute atomic E-state index is 0.111. The van der Waals surface area contributed by atoms with Crippen LogP contribution in [-0.4, -0.2) is 36.0 Å². The minimum atomic E-state index is -0.688. The van der Waals surface area contributed by atoms with Gasteiger partial charge >= 0.3 is 0 Å². The quantitative estimate of drug-likeness (QED) is 0.750. The Bertz CT molecular complexity index is 271. The standard InChI is InChI=1S/C13H24O4/c1-12(2)9-16-13(3,4)17-11(12)10(15)7-5-6-8-14/h11,14H,5-9H2,1-4H3/t11-/m0/s1. The predicted octanol–water partition coefficient (Wildman–Crippen LogP) is 1.90. The fourth-order valence-electron chi connectivity index (χ4n) is 1.96. The fraction of sp³-hybridized carbons (Fsp3) is 0.923. The van der Waals surface area contributed by atoms with Gasteiger partial charge in [0, 0.05) is 18.4 Å². The van der Waals surface area contributed by atoms with Gasteiger partial charge in [-0.25, -0.2) is 0 Å². The summed E-state index contributed by atoms with van der Waals surface area (Å²) in [6.45, 7) is 8.29. The van der Waals surface area contributed by atoms with E-state index in [1.165, 1.54) is 0 Å². The van der Waals surface area contributed by atoms with Gasteiger partial charge in [-0.15, -0.1) is 0 Å². The number of carbonyl (C=O) groups is 1. The number of rotatable bonds is 5. The first-order valence-corrected chi connectivity index (χ1v) is 6.24. The zero-order chi connectivity index (χ0) is 13.1. The molecule has 0 saturated carbocycles. The van der Waals surface area contributed by atoms with E-state index in [0.717, 1.165) is 0 Å². The highest BCUT2D eigenvalue weighted by atomic mass is 16.7. The molecule has 1 aliphatic rings. The monoisotopic (exact) mass is 244 g/mol. The van der Waals surface area contributed by atoms with Crippen LogP contribution in [0.1, 0.15) is 47.0 Å². The van der Waals surface area contributed by atoms with Gasteiger partial charge in [0.2, 0.25) is 0 Å². The normalized spacial score (nSPS) is 26.8. The molecule has 1 heterocycles. The highest BCUT2D eigenvalue weighted by Gasteiger charge is 2.44. The molecule has 0 unspecified atom stereocenters. The summed E-state index contributed by atoms with van der Waals surface area (Å²) >= 11 is 0. The van der Waals surface area contributed by atoms with Crippen molar-refractivity contribution in [2.75, 3.05) is 13.2 Å². The van der Waals surface area contributed by atoms with Crippen molar-refractivity contribution >= 4 is 5.78 Å². The zero-order valence-electron chi connectivity index (χ0n) is 11.3. The van der Waals surface area contributed by atoms with Gasteiger partial charge in [-0.05, 0) is 26.7 Å². The van der Waals surface area contributed by atoms with Crippen molar-refractivity contribution in [1.29, 1.82) is 0 Å². The van der Waals surface area contributed by atoms with E-state index >= 15 is 0 Å². The Morgan fingerprint density at radius 1 is 1.29 bits per heavy atom. The molecular weight excluding hydrogens is 220 g/mol. The van der Waals surface area contributed by atoms with Crippen molar-refractivity contribution in [3.63, 3.8) is 0 Å².